The lowest BCUT2D eigenvalue weighted by Gasteiger charge is -2.38. The normalized spacial score (nSPS) is 21.6. The third kappa shape index (κ3) is 2.65. The maximum Gasteiger partial charge on any atom is 0.145 e. The Morgan fingerprint density at radius 1 is 1.41 bits per heavy atom. The summed E-state index contributed by atoms with van der Waals surface area (Å²) in [5, 5.41) is 0. The van der Waals surface area contributed by atoms with Gasteiger partial charge in [-0.1, -0.05) is 0 Å². The number of nitrogens with one attached hydrogen (secondary N) is 1. The van der Waals surface area contributed by atoms with Gasteiger partial charge in [-0.25, -0.2) is 15.8 Å². The van der Waals surface area contributed by atoms with E-state index in [4.69, 9.17) is 5.84 Å². The summed E-state index contributed by atoms with van der Waals surface area (Å²) in [5.74, 6) is 7.75. The summed E-state index contributed by atoms with van der Waals surface area (Å²) in [5.41, 5.74) is 2.58. The molecule has 6 nitrogen and oxygen atoms in total. The predicted octanol–water partition coefficient (Wildman–Crippen LogP) is 0.211. The molecule has 17 heavy (non-hydrogen) atoms. The van der Waals surface area contributed by atoms with Crippen LogP contribution in [-0.4, -0.2) is 47.6 Å². The van der Waals surface area contributed by atoms with Crippen molar-refractivity contribution in [1.29, 1.82) is 0 Å². The SMILES string of the molecule is Cc1nc(NN)cc(N2CCN(C)C(C)C2)n1. The standard InChI is InChI=1S/C11H20N6/c1-8-7-17(5-4-16(8)3)11-6-10(15-12)13-9(2)14-11/h6,8H,4-5,7,12H2,1-3H3,(H,13,14,15). The first-order chi connectivity index (χ1) is 8.10. The first kappa shape index (κ1) is 12.1. The monoisotopic (exact) mass is 236 g/mol. The second-order valence-corrected chi connectivity index (χ2v) is 4.58. The molecule has 0 aliphatic carbocycles. The number of hydrogen-bond donors (Lipinski definition) is 2. The number of aryl methyl sites for hydroxylation is 1. The van der Waals surface area contributed by atoms with Gasteiger partial charge >= 0.3 is 0 Å². The van der Waals surface area contributed by atoms with E-state index >= 15 is 0 Å². The average Bonchev–Trinajstić information content (AvgIpc) is 2.32. The molecular formula is C11H20N6. The Morgan fingerprint density at radius 2 is 2.18 bits per heavy atom. The molecule has 94 valence electrons. The summed E-state index contributed by atoms with van der Waals surface area (Å²) in [4.78, 5) is 13.3. The fraction of sp³-hybridized carbons (Fsp3) is 0.636. The third-order valence-electron chi connectivity index (χ3n) is 3.26. The van der Waals surface area contributed by atoms with Gasteiger partial charge in [0.25, 0.3) is 0 Å². The molecular weight excluding hydrogens is 216 g/mol. The smallest absolute Gasteiger partial charge is 0.145 e. The highest BCUT2D eigenvalue weighted by Crippen LogP contribution is 2.18. The average molecular weight is 236 g/mol. The lowest BCUT2D eigenvalue weighted by Crippen LogP contribution is -2.50. The number of piperazine rings is 1. The zero-order valence-corrected chi connectivity index (χ0v) is 10.6. The van der Waals surface area contributed by atoms with Crippen molar-refractivity contribution < 1.29 is 0 Å². The molecule has 1 atom stereocenters. The van der Waals surface area contributed by atoms with Crippen molar-refractivity contribution in [3.63, 3.8) is 0 Å². The van der Waals surface area contributed by atoms with Crippen molar-refractivity contribution in [1.82, 2.24) is 14.9 Å². The molecule has 2 rings (SSSR count). The topological polar surface area (TPSA) is 70.3 Å². The first-order valence-corrected chi connectivity index (χ1v) is 5.87. The summed E-state index contributed by atoms with van der Waals surface area (Å²) in [6, 6.07) is 2.43. The van der Waals surface area contributed by atoms with Gasteiger partial charge in [0, 0.05) is 31.7 Å². The molecule has 1 aromatic rings. The van der Waals surface area contributed by atoms with E-state index in [1.54, 1.807) is 0 Å². The lowest BCUT2D eigenvalue weighted by molar-refractivity contribution is 0.233. The van der Waals surface area contributed by atoms with Crippen LogP contribution in [0.5, 0.6) is 0 Å². The number of nitrogen functional groups attached to an aromatic ring is 1. The largest absolute Gasteiger partial charge is 0.354 e. The van der Waals surface area contributed by atoms with E-state index < -0.39 is 0 Å². The molecule has 1 aliphatic heterocycles. The quantitative estimate of drug-likeness (QED) is 0.565. The molecule has 0 bridgehead atoms. The van der Waals surface area contributed by atoms with Crippen molar-refractivity contribution >= 4 is 11.6 Å². The van der Waals surface area contributed by atoms with Crippen LogP contribution < -0.4 is 16.2 Å². The van der Waals surface area contributed by atoms with Crippen molar-refractivity contribution in [2.45, 2.75) is 19.9 Å². The molecule has 0 spiro atoms. The minimum Gasteiger partial charge on any atom is -0.354 e. The van der Waals surface area contributed by atoms with Crippen LogP contribution in [-0.2, 0) is 0 Å². The van der Waals surface area contributed by atoms with Gasteiger partial charge in [0.2, 0.25) is 0 Å². The van der Waals surface area contributed by atoms with Crippen LogP contribution in [0.2, 0.25) is 0 Å². The Balaban J connectivity index is 2.19. The van der Waals surface area contributed by atoms with E-state index in [1.165, 1.54) is 0 Å². The maximum absolute atomic E-state index is 5.40. The van der Waals surface area contributed by atoms with Gasteiger partial charge in [0.05, 0.1) is 0 Å². The molecule has 0 amide bonds. The van der Waals surface area contributed by atoms with Gasteiger partial charge in [0.15, 0.2) is 0 Å². The molecule has 2 heterocycles. The van der Waals surface area contributed by atoms with Gasteiger partial charge in [-0.3, -0.25) is 0 Å². The molecule has 1 unspecified atom stereocenters. The fourth-order valence-electron chi connectivity index (χ4n) is 2.04. The molecule has 1 aliphatic rings. The fourth-order valence-corrected chi connectivity index (χ4v) is 2.04. The Kier molecular flexibility index (Phi) is 3.44. The Labute approximate surface area is 102 Å². The number of aromatic nitrogens is 2. The molecule has 3 N–H and O–H groups in total. The molecule has 0 aromatic carbocycles. The van der Waals surface area contributed by atoms with Gasteiger partial charge in [0.1, 0.15) is 17.5 Å². The summed E-state index contributed by atoms with van der Waals surface area (Å²) >= 11 is 0. The van der Waals surface area contributed by atoms with Crippen LogP contribution in [0.25, 0.3) is 0 Å². The zero-order valence-electron chi connectivity index (χ0n) is 10.6. The summed E-state index contributed by atoms with van der Waals surface area (Å²) < 4.78 is 0. The summed E-state index contributed by atoms with van der Waals surface area (Å²) in [7, 11) is 2.15. The Bertz CT molecular complexity index is 394. The van der Waals surface area contributed by atoms with E-state index in [-0.39, 0.29) is 0 Å². The van der Waals surface area contributed by atoms with Gasteiger partial charge < -0.3 is 15.2 Å². The number of hydrazine groups is 1. The van der Waals surface area contributed by atoms with Crippen molar-refractivity contribution in [2.75, 3.05) is 37.0 Å². The van der Waals surface area contributed by atoms with Crippen molar-refractivity contribution in [3.8, 4) is 0 Å². The minimum absolute atomic E-state index is 0.535. The lowest BCUT2D eigenvalue weighted by atomic mass is 10.2. The van der Waals surface area contributed by atoms with Gasteiger partial charge in [-0.05, 0) is 20.9 Å². The number of hydrogen-bond acceptors (Lipinski definition) is 6. The predicted molar refractivity (Wildman–Crippen MR) is 68.9 cm³/mol. The first-order valence-electron chi connectivity index (χ1n) is 5.87. The van der Waals surface area contributed by atoms with Crippen molar-refractivity contribution in [2.24, 2.45) is 5.84 Å². The second-order valence-electron chi connectivity index (χ2n) is 4.58. The van der Waals surface area contributed by atoms with Crippen LogP contribution >= 0.6 is 0 Å². The number of anilines is 2. The Hall–Kier alpha value is -1.40. The zero-order chi connectivity index (χ0) is 12.4. The van der Waals surface area contributed by atoms with Crippen LogP contribution in [0.4, 0.5) is 11.6 Å². The summed E-state index contributed by atoms with van der Waals surface area (Å²) in [6.07, 6.45) is 0. The highest BCUT2D eigenvalue weighted by atomic mass is 15.3. The van der Waals surface area contributed by atoms with Gasteiger partial charge in [-0.2, -0.15) is 0 Å². The number of likely N-dealkylation sites (N-methyl/N-ethyl adjacent to an activating group) is 1. The van der Waals surface area contributed by atoms with Crippen LogP contribution in [0.1, 0.15) is 12.7 Å². The second kappa shape index (κ2) is 4.85. The highest BCUT2D eigenvalue weighted by Gasteiger charge is 2.22. The number of nitrogens with two attached hydrogens (primary N) is 1. The van der Waals surface area contributed by atoms with Crippen molar-refractivity contribution in [3.05, 3.63) is 11.9 Å². The third-order valence-corrected chi connectivity index (χ3v) is 3.26. The molecule has 1 fully saturated rings. The van der Waals surface area contributed by atoms with E-state index in [0.29, 0.717) is 11.9 Å². The minimum atomic E-state index is 0.535. The van der Waals surface area contributed by atoms with Crippen LogP contribution in [0.3, 0.4) is 0 Å². The molecule has 0 radical (unpaired) electrons. The van der Waals surface area contributed by atoms with Crippen LogP contribution in [0.15, 0.2) is 6.07 Å². The van der Waals surface area contributed by atoms with E-state index in [9.17, 15) is 0 Å². The molecule has 6 heteroatoms. The van der Waals surface area contributed by atoms with E-state index in [2.05, 4.69) is 39.2 Å². The number of rotatable bonds is 2. The van der Waals surface area contributed by atoms with E-state index in [0.717, 1.165) is 31.3 Å². The van der Waals surface area contributed by atoms with Gasteiger partial charge in [-0.15, -0.1) is 0 Å². The molecule has 0 saturated carbocycles. The Morgan fingerprint density at radius 3 is 2.82 bits per heavy atom. The van der Waals surface area contributed by atoms with E-state index in [1.807, 2.05) is 13.0 Å². The summed E-state index contributed by atoms with van der Waals surface area (Å²) in [6.45, 7) is 7.13. The molecule has 1 aromatic heterocycles. The highest BCUT2D eigenvalue weighted by molar-refractivity contribution is 5.49. The maximum atomic E-state index is 5.40. The molecule has 1 saturated heterocycles. The number of nitrogens with zero attached hydrogens (tertiary/aromatic N) is 4. The van der Waals surface area contributed by atoms with Crippen LogP contribution in [0, 0.1) is 6.92 Å².